The number of allylic oxidation sites excluding steroid dienone is 1. The molecule has 13 nitrogen and oxygen atoms in total. The van der Waals surface area contributed by atoms with Gasteiger partial charge in [-0.15, -0.1) is 0 Å². The summed E-state index contributed by atoms with van der Waals surface area (Å²) >= 11 is 0. The predicted molar refractivity (Wildman–Crippen MR) is 242 cm³/mol. The van der Waals surface area contributed by atoms with Crippen molar-refractivity contribution in [3.05, 3.63) is 47.5 Å². The number of ether oxygens (including phenoxy) is 3. The minimum absolute atomic E-state index is 0. The first kappa shape index (κ1) is 53.6. The van der Waals surface area contributed by atoms with Gasteiger partial charge in [-0.05, 0) is 116 Å². The van der Waals surface area contributed by atoms with Gasteiger partial charge >= 0.3 is 41.6 Å². The molecule has 4 N–H and O–H groups in total. The second kappa shape index (κ2) is 25.8. The summed E-state index contributed by atoms with van der Waals surface area (Å²) in [6.45, 7) is 15.4. The number of fused-ring (bicyclic) bond motifs is 5. The van der Waals surface area contributed by atoms with E-state index in [1.165, 1.54) is 63.9 Å². The van der Waals surface area contributed by atoms with Crippen molar-refractivity contribution in [2.45, 2.75) is 150 Å². The number of carboxylic acids is 1. The number of rotatable bonds is 24. The molecule has 4 aliphatic rings. The van der Waals surface area contributed by atoms with Crippen LogP contribution in [0.4, 0.5) is 4.79 Å². The van der Waals surface area contributed by atoms with E-state index >= 15 is 0 Å². The van der Waals surface area contributed by atoms with E-state index < -0.39 is 41.9 Å². The van der Waals surface area contributed by atoms with Crippen LogP contribution < -0.4 is 50.6 Å². The average Bonchev–Trinajstić information content (AvgIpc) is 3.61. The minimum atomic E-state index is -1.18. The number of nitrogens with zero attached hydrogens (tertiary/aromatic N) is 1. The Bertz CT molecular complexity index is 1730. The molecule has 3 fully saturated rings. The van der Waals surface area contributed by atoms with Crippen molar-refractivity contribution in [2.24, 2.45) is 51.3 Å². The predicted octanol–water partition coefficient (Wildman–Crippen LogP) is 4.02. The fraction of sp³-hybridized carbons (Fsp3) is 0.740. The fourth-order valence-electron chi connectivity index (χ4n) is 11.8. The summed E-state index contributed by atoms with van der Waals surface area (Å²) < 4.78 is 17.0. The largest absolute Gasteiger partial charge is 1.00 e. The van der Waals surface area contributed by atoms with Gasteiger partial charge in [0.2, 0.25) is 11.8 Å². The Morgan fingerprint density at radius 3 is 2.34 bits per heavy atom. The van der Waals surface area contributed by atoms with Gasteiger partial charge in [0, 0.05) is 25.8 Å². The van der Waals surface area contributed by atoms with E-state index in [1.807, 2.05) is 6.07 Å². The smallest absolute Gasteiger partial charge is 0.862 e. The van der Waals surface area contributed by atoms with Gasteiger partial charge in [0.05, 0.1) is 33.0 Å². The van der Waals surface area contributed by atoms with E-state index in [0.717, 1.165) is 60.3 Å². The number of carbonyl (C=O) groups excluding carboxylic acids is 3. The van der Waals surface area contributed by atoms with Crippen molar-refractivity contribution in [3.8, 4) is 0 Å². The molecule has 352 valence electrons. The molecule has 14 heteroatoms. The Labute approximate surface area is 404 Å². The van der Waals surface area contributed by atoms with Crippen LogP contribution in [0.1, 0.15) is 131 Å². The third-order valence-electron chi connectivity index (χ3n) is 15.2. The minimum Gasteiger partial charge on any atom is -0.862 e. The quantitative estimate of drug-likeness (QED) is 0.0391. The molecule has 0 aromatic heterocycles. The van der Waals surface area contributed by atoms with Gasteiger partial charge in [-0.3, -0.25) is 9.59 Å². The van der Waals surface area contributed by atoms with E-state index in [2.05, 4.69) is 61.6 Å². The molecule has 0 spiro atoms. The summed E-state index contributed by atoms with van der Waals surface area (Å²) in [7, 11) is 0. The Balaban J connectivity index is 0.00000898. The molecule has 1 aromatic carbocycles. The third-order valence-corrected chi connectivity index (χ3v) is 15.2. The SMILES string of the molecule is CC(C)CCC[C@@H](C)[C@H]1CC[C@H]2[C@@H]3CC=C4CC(OC(=O)NCCOCCOCCN=C([O-])CCC(=O)N[C@@H](C)C(=O)N[C@@H](Cc5ccccc5)C(=O)O)CC[C@]4(C)[C@H]3CC[C@]12C.[Na+]. The van der Waals surface area contributed by atoms with Gasteiger partial charge in [0.15, 0.2) is 0 Å². The van der Waals surface area contributed by atoms with Crippen molar-refractivity contribution in [3.63, 3.8) is 0 Å². The van der Waals surface area contributed by atoms with Crippen LogP contribution in [-0.2, 0) is 35.0 Å². The Morgan fingerprint density at radius 2 is 1.62 bits per heavy atom. The first-order valence-electron chi connectivity index (χ1n) is 24.0. The molecule has 5 rings (SSSR count). The van der Waals surface area contributed by atoms with Gasteiger partial charge in [-0.1, -0.05) is 95.9 Å². The number of hydrogen-bond acceptors (Lipinski definition) is 9. The number of amides is 3. The van der Waals surface area contributed by atoms with Crippen LogP contribution >= 0.6 is 0 Å². The van der Waals surface area contributed by atoms with Crippen molar-refractivity contribution in [2.75, 3.05) is 39.5 Å². The van der Waals surface area contributed by atoms with Crippen LogP contribution in [0.25, 0.3) is 0 Å². The molecule has 10 atom stereocenters. The second-order valence-corrected chi connectivity index (χ2v) is 19.9. The van der Waals surface area contributed by atoms with Gasteiger partial charge in [0.1, 0.15) is 18.2 Å². The molecule has 64 heavy (non-hydrogen) atoms. The molecule has 4 aliphatic carbocycles. The van der Waals surface area contributed by atoms with Crippen molar-refractivity contribution in [1.82, 2.24) is 16.0 Å². The number of hydrogen-bond donors (Lipinski definition) is 4. The summed E-state index contributed by atoms with van der Waals surface area (Å²) in [4.78, 5) is 53.2. The molecule has 0 bridgehead atoms. The van der Waals surface area contributed by atoms with Gasteiger partial charge in [-0.25, -0.2) is 9.59 Å². The summed E-state index contributed by atoms with van der Waals surface area (Å²) in [5.74, 6) is 2.00. The van der Waals surface area contributed by atoms with Crippen LogP contribution in [0.5, 0.6) is 0 Å². The van der Waals surface area contributed by atoms with E-state index in [1.54, 1.807) is 24.3 Å². The van der Waals surface area contributed by atoms with Crippen LogP contribution in [0.15, 0.2) is 47.0 Å². The number of alkyl carbamates (subject to hydrolysis) is 1. The number of carbonyl (C=O) groups is 4. The van der Waals surface area contributed by atoms with E-state index in [-0.39, 0.29) is 73.5 Å². The molecule has 3 saturated carbocycles. The molecule has 3 amide bonds. The second-order valence-electron chi connectivity index (χ2n) is 19.9. The number of aliphatic carboxylic acids is 1. The third kappa shape index (κ3) is 15.0. The Kier molecular flexibility index (Phi) is 21.6. The summed E-state index contributed by atoms with van der Waals surface area (Å²) in [5.41, 5.74) is 2.95. The van der Waals surface area contributed by atoms with Crippen LogP contribution in [-0.4, -0.2) is 92.6 Å². The average molecular weight is 901 g/mol. The van der Waals surface area contributed by atoms with Crippen LogP contribution in [0, 0.1) is 46.3 Å². The molecular formula is C50H77N4NaO9. The summed E-state index contributed by atoms with van der Waals surface area (Å²) in [5, 5.41) is 29.5. The molecular weight excluding hydrogens is 824 g/mol. The Morgan fingerprint density at radius 1 is 0.891 bits per heavy atom. The van der Waals surface area contributed by atoms with Crippen molar-refractivity contribution < 1.29 is 73.2 Å². The first-order chi connectivity index (χ1) is 30.1. The van der Waals surface area contributed by atoms with E-state index in [0.29, 0.717) is 31.8 Å². The van der Waals surface area contributed by atoms with Crippen LogP contribution in [0.2, 0.25) is 0 Å². The van der Waals surface area contributed by atoms with Crippen molar-refractivity contribution >= 4 is 29.8 Å². The maximum absolute atomic E-state index is 12.7. The van der Waals surface area contributed by atoms with Gasteiger partial charge < -0.3 is 45.4 Å². The molecule has 0 radical (unpaired) electrons. The number of nitrogens with one attached hydrogen (secondary N) is 3. The molecule has 1 unspecified atom stereocenters. The molecule has 0 saturated heterocycles. The topological polar surface area (TPSA) is 188 Å². The number of aliphatic imine (C=N–C) groups is 1. The first-order valence-corrected chi connectivity index (χ1v) is 24.0. The standard InChI is InChI=1S/C50H78N4O9.Na/c1-33(2)11-10-12-34(3)40-17-18-41-39-16-15-37-32-38(21-23-49(37,5)42(39)22-24-50(40,41)6)63-48(60)52-26-28-62-30-29-61-27-25-51-44(55)19-20-45(56)53-35(4)46(57)54-43(47(58)59)31-36-13-8-7-9-14-36;/h7-9,13-15,33-35,38-43H,10-12,16-32H2,1-6H3,(H,51,55)(H,52,60)(H,53,56)(H,54,57)(H,58,59);/q;+1/p-1/t34-,35+,38?,39+,40-,41+,42+,43+,49+,50-;/m1./s1. The zero-order valence-electron chi connectivity index (χ0n) is 40.0. The van der Waals surface area contributed by atoms with Gasteiger partial charge in [-0.2, -0.15) is 0 Å². The zero-order valence-corrected chi connectivity index (χ0v) is 42.0. The maximum Gasteiger partial charge on any atom is 1.00 e. The summed E-state index contributed by atoms with van der Waals surface area (Å²) in [6, 6.07) is 6.77. The zero-order chi connectivity index (χ0) is 45.6. The molecule has 1 aromatic rings. The van der Waals surface area contributed by atoms with Gasteiger partial charge in [0.25, 0.3) is 0 Å². The number of carboxylic acid groups (broad SMARTS) is 1. The van der Waals surface area contributed by atoms with Crippen LogP contribution in [0.3, 0.4) is 0 Å². The monoisotopic (exact) mass is 901 g/mol. The maximum atomic E-state index is 12.7. The van der Waals surface area contributed by atoms with E-state index in [9.17, 15) is 29.4 Å². The van der Waals surface area contributed by atoms with Crippen molar-refractivity contribution in [1.29, 1.82) is 0 Å². The Hall–Kier alpha value is -2.97. The molecule has 0 heterocycles. The normalized spacial score (nSPS) is 27.6. The molecule has 0 aliphatic heterocycles. The fourth-order valence-corrected chi connectivity index (χ4v) is 11.8. The number of benzene rings is 1. The summed E-state index contributed by atoms with van der Waals surface area (Å²) in [6.07, 6.45) is 15.4. The van der Waals surface area contributed by atoms with E-state index in [4.69, 9.17) is 14.2 Å².